The van der Waals surface area contributed by atoms with Crippen LogP contribution in [0, 0.1) is 12.0 Å². The summed E-state index contributed by atoms with van der Waals surface area (Å²) in [4.78, 5) is 0. The lowest BCUT2D eigenvalue weighted by Gasteiger charge is -2.14. The van der Waals surface area contributed by atoms with E-state index in [4.69, 9.17) is 0 Å². The highest BCUT2D eigenvalue weighted by Gasteiger charge is 2.07. The van der Waals surface area contributed by atoms with Crippen LogP contribution in [0.3, 0.4) is 0 Å². The zero-order valence-electron chi connectivity index (χ0n) is 12.7. The first-order valence-electron chi connectivity index (χ1n) is 7.89. The van der Waals surface area contributed by atoms with Gasteiger partial charge in [0, 0.05) is 0 Å². The smallest absolute Gasteiger partial charge is 0.0184 e. The van der Waals surface area contributed by atoms with E-state index in [-0.39, 0.29) is 0 Å². The maximum atomic E-state index is 3.07. The van der Waals surface area contributed by atoms with Gasteiger partial charge in [-0.25, -0.2) is 0 Å². The molecule has 0 aliphatic heterocycles. The maximum absolute atomic E-state index is 3.07. The molecule has 0 saturated carbocycles. The van der Waals surface area contributed by atoms with Crippen molar-refractivity contribution in [2.24, 2.45) is 5.92 Å². The topological polar surface area (TPSA) is 0 Å². The third kappa shape index (κ3) is 4.23. The Morgan fingerprint density at radius 3 is 2.15 bits per heavy atom. The molecule has 105 valence electrons. The summed E-state index contributed by atoms with van der Waals surface area (Å²) in [6.07, 6.45) is 6.54. The van der Waals surface area contributed by atoms with Crippen molar-refractivity contribution in [3.8, 4) is 11.1 Å². The van der Waals surface area contributed by atoms with Crippen molar-refractivity contribution in [1.29, 1.82) is 0 Å². The summed E-state index contributed by atoms with van der Waals surface area (Å²) < 4.78 is 0. The molecule has 0 heterocycles. The van der Waals surface area contributed by atoms with Gasteiger partial charge in [-0.05, 0) is 35.1 Å². The van der Waals surface area contributed by atoms with Crippen molar-refractivity contribution in [1.82, 2.24) is 0 Å². The van der Waals surface area contributed by atoms with Crippen molar-refractivity contribution in [3.63, 3.8) is 0 Å². The first-order chi connectivity index (χ1) is 9.83. The average Bonchev–Trinajstić information content (AvgIpc) is 2.53. The zero-order valence-corrected chi connectivity index (χ0v) is 12.7. The standard InChI is InChI=1S/C20H25/c1-3-5-9-17(4-2)16-18-12-14-20(15-13-18)19-10-7-6-8-11-19/h7-8,10-15,17H,3-5,9,16H2,1-2H3. The van der Waals surface area contributed by atoms with E-state index in [0.717, 1.165) is 5.92 Å². The molecule has 2 aromatic carbocycles. The second-order valence-corrected chi connectivity index (χ2v) is 5.61. The molecule has 0 amide bonds. The minimum absolute atomic E-state index is 0.840. The van der Waals surface area contributed by atoms with Gasteiger partial charge in [-0.1, -0.05) is 88.1 Å². The molecule has 20 heavy (non-hydrogen) atoms. The van der Waals surface area contributed by atoms with Crippen LogP contribution in [0.4, 0.5) is 0 Å². The molecule has 1 atom stereocenters. The van der Waals surface area contributed by atoms with Crippen LogP contribution in [-0.2, 0) is 6.42 Å². The number of hydrogen-bond acceptors (Lipinski definition) is 0. The van der Waals surface area contributed by atoms with Gasteiger partial charge in [0.15, 0.2) is 0 Å². The van der Waals surface area contributed by atoms with Gasteiger partial charge in [0.2, 0.25) is 0 Å². The first kappa shape index (κ1) is 14.8. The molecule has 0 aliphatic rings. The van der Waals surface area contributed by atoms with Crippen LogP contribution in [0.15, 0.2) is 48.5 Å². The number of unbranched alkanes of at least 4 members (excludes halogenated alkanes) is 1. The van der Waals surface area contributed by atoms with Crippen LogP contribution < -0.4 is 0 Å². The highest BCUT2D eigenvalue weighted by molar-refractivity contribution is 5.63. The van der Waals surface area contributed by atoms with Crippen molar-refractivity contribution in [3.05, 3.63) is 60.2 Å². The zero-order chi connectivity index (χ0) is 14.2. The van der Waals surface area contributed by atoms with E-state index in [0.29, 0.717) is 0 Å². The van der Waals surface area contributed by atoms with Gasteiger partial charge < -0.3 is 0 Å². The Hall–Kier alpha value is -1.56. The van der Waals surface area contributed by atoms with Crippen molar-refractivity contribution >= 4 is 0 Å². The van der Waals surface area contributed by atoms with Crippen molar-refractivity contribution in [2.45, 2.75) is 46.0 Å². The Bertz CT molecular complexity index is 481. The van der Waals surface area contributed by atoms with E-state index in [9.17, 15) is 0 Å². The van der Waals surface area contributed by atoms with Crippen molar-refractivity contribution < 1.29 is 0 Å². The van der Waals surface area contributed by atoms with Gasteiger partial charge >= 0.3 is 0 Å². The normalized spacial score (nSPS) is 12.3. The molecule has 0 aromatic heterocycles. The molecular formula is C20H25. The van der Waals surface area contributed by atoms with Gasteiger partial charge in [0.1, 0.15) is 0 Å². The lowest BCUT2D eigenvalue weighted by Crippen LogP contribution is -2.03. The summed E-state index contributed by atoms with van der Waals surface area (Å²) >= 11 is 0. The second-order valence-electron chi connectivity index (χ2n) is 5.61. The summed E-state index contributed by atoms with van der Waals surface area (Å²) in [5.74, 6) is 0.840. The molecule has 2 rings (SSSR count). The van der Waals surface area contributed by atoms with Crippen molar-refractivity contribution in [2.75, 3.05) is 0 Å². The molecule has 0 N–H and O–H groups in total. The molecular weight excluding hydrogens is 240 g/mol. The van der Waals surface area contributed by atoms with E-state index in [1.165, 1.54) is 48.8 Å². The number of benzene rings is 2. The molecule has 1 unspecified atom stereocenters. The second kappa shape index (κ2) is 7.89. The Labute approximate surface area is 123 Å². The molecule has 2 aromatic rings. The molecule has 0 aliphatic carbocycles. The first-order valence-corrected chi connectivity index (χ1v) is 7.89. The fraction of sp³-hybridized carbons (Fsp3) is 0.400. The van der Waals surface area contributed by atoms with E-state index in [2.05, 4.69) is 56.3 Å². The van der Waals surface area contributed by atoms with E-state index in [1.54, 1.807) is 0 Å². The van der Waals surface area contributed by atoms with Crippen LogP contribution >= 0.6 is 0 Å². The Morgan fingerprint density at radius 1 is 0.900 bits per heavy atom. The van der Waals surface area contributed by atoms with Gasteiger partial charge in [-0.15, -0.1) is 0 Å². The molecule has 0 saturated heterocycles. The van der Waals surface area contributed by atoms with E-state index >= 15 is 0 Å². The Morgan fingerprint density at radius 2 is 1.55 bits per heavy atom. The van der Waals surface area contributed by atoms with E-state index in [1.807, 2.05) is 12.1 Å². The molecule has 0 fully saturated rings. The van der Waals surface area contributed by atoms with E-state index < -0.39 is 0 Å². The minimum Gasteiger partial charge on any atom is -0.0654 e. The Kier molecular flexibility index (Phi) is 5.86. The summed E-state index contributed by atoms with van der Waals surface area (Å²) in [6.45, 7) is 4.59. The van der Waals surface area contributed by atoms with Crippen LogP contribution in [-0.4, -0.2) is 0 Å². The molecule has 0 bridgehead atoms. The lowest BCUT2D eigenvalue weighted by molar-refractivity contribution is 0.449. The van der Waals surface area contributed by atoms with Gasteiger partial charge in [-0.2, -0.15) is 0 Å². The summed E-state index contributed by atoms with van der Waals surface area (Å²) in [5, 5.41) is 0. The molecule has 1 radical (unpaired) electrons. The predicted molar refractivity (Wildman–Crippen MR) is 87.7 cm³/mol. The summed E-state index contributed by atoms with van der Waals surface area (Å²) in [7, 11) is 0. The summed E-state index contributed by atoms with van der Waals surface area (Å²) in [5.41, 5.74) is 4.04. The largest absolute Gasteiger partial charge is 0.0654 e. The maximum Gasteiger partial charge on any atom is -0.0184 e. The van der Waals surface area contributed by atoms with Gasteiger partial charge in [-0.3, -0.25) is 0 Å². The average molecular weight is 265 g/mol. The Balaban J connectivity index is 2.01. The van der Waals surface area contributed by atoms with Crippen LogP contribution in [0.25, 0.3) is 11.1 Å². The number of rotatable bonds is 7. The molecule has 0 spiro atoms. The highest BCUT2D eigenvalue weighted by atomic mass is 14.1. The fourth-order valence-electron chi connectivity index (χ4n) is 2.69. The lowest BCUT2D eigenvalue weighted by atomic mass is 9.91. The predicted octanol–water partition coefficient (Wildman–Crippen LogP) is 5.91. The highest BCUT2D eigenvalue weighted by Crippen LogP contribution is 2.22. The van der Waals surface area contributed by atoms with Crippen LogP contribution in [0.2, 0.25) is 0 Å². The molecule has 0 heteroatoms. The van der Waals surface area contributed by atoms with Gasteiger partial charge in [0.05, 0.1) is 0 Å². The van der Waals surface area contributed by atoms with Gasteiger partial charge in [0.25, 0.3) is 0 Å². The summed E-state index contributed by atoms with van der Waals surface area (Å²) in [6, 6.07) is 20.3. The quantitative estimate of drug-likeness (QED) is 0.583. The third-order valence-electron chi connectivity index (χ3n) is 4.07. The fourth-order valence-corrected chi connectivity index (χ4v) is 2.69. The molecule has 0 nitrogen and oxygen atoms in total. The minimum atomic E-state index is 0.840. The SMILES string of the molecule is CCCCC(CC)Cc1ccc(-c2cc[c]cc2)cc1. The monoisotopic (exact) mass is 265 g/mol. The third-order valence-corrected chi connectivity index (χ3v) is 4.07. The number of hydrogen-bond donors (Lipinski definition) is 0. The van der Waals surface area contributed by atoms with Crippen LogP contribution in [0.1, 0.15) is 45.1 Å². The van der Waals surface area contributed by atoms with Crippen LogP contribution in [0.5, 0.6) is 0 Å².